The molecule has 5 atom stereocenters. The topological polar surface area (TPSA) is 0 Å². The van der Waals surface area contributed by atoms with Crippen molar-refractivity contribution in [1.82, 2.24) is 0 Å². The molecule has 0 bridgehead atoms. The maximum atomic E-state index is 2.50. The van der Waals surface area contributed by atoms with Crippen molar-refractivity contribution in [1.29, 1.82) is 0 Å². The molecule has 0 fully saturated rings. The summed E-state index contributed by atoms with van der Waals surface area (Å²) in [4.78, 5) is 0. The summed E-state index contributed by atoms with van der Waals surface area (Å²) in [5, 5.41) is 0. The molecule has 0 nitrogen and oxygen atoms in total. The van der Waals surface area contributed by atoms with Gasteiger partial charge in [0, 0.05) is 0 Å². The van der Waals surface area contributed by atoms with Gasteiger partial charge in [0.25, 0.3) is 0 Å². The molecule has 0 rings (SSSR count). The van der Waals surface area contributed by atoms with E-state index in [4.69, 9.17) is 0 Å². The second kappa shape index (κ2) is 18.7. The van der Waals surface area contributed by atoms with Crippen LogP contribution in [0.15, 0.2) is 0 Å². The Morgan fingerprint density at radius 3 is 1.38 bits per heavy atom. The van der Waals surface area contributed by atoms with Crippen LogP contribution in [0.3, 0.4) is 0 Å². The van der Waals surface area contributed by atoms with Crippen molar-refractivity contribution < 1.29 is 0 Å². The van der Waals surface area contributed by atoms with Gasteiger partial charge in [-0.05, 0) is 48.3 Å². The molecule has 0 saturated carbocycles. The van der Waals surface area contributed by atoms with Gasteiger partial charge in [0.05, 0.1) is 0 Å². The Balaban J connectivity index is 3.67. The Hall–Kier alpha value is 0. The molecule has 0 N–H and O–H groups in total. The zero-order chi connectivity index (χ0) is 22.1. The molecule has 0 aliphatic heterocycles. The summed E-state index contributed by atoms with van der Waals surface area (Å²) in [7, 11) is 0. The number of hydrogen-bond acceptors (Lipinski definition) is 0. The highest BCUT2D eigenvalue weighted by Crippen LogP contribution is 2.31. The summed E-state index contributed by atoms with van der Waals surface area (Å²) in [5.41, 5.74) is 0. The highest BCUT2D eigenvalue weighted by Gasteiger charge is 2.21. The van der Waals surface area contributed by atoms with Crippen LogP contribution in [0.5, 0.6) is 0 Å². The van der Waals surface area contributed by atoms with E-state index in [2.05, 4.69) is 55.4 Å². The van der Waals surface area contributed by atoms with Crippen LogP contribution in [-0.4, -0.2) is 0 Å². The smallest absolute Gasteiger partial charge is 0.0391 e. The molecule has 0 heteroatoms. The third kappa shape index (κ3) is 17.4. The lowest BCUT2D eigenvalue weighted by Gasteiger charge is -2.29. The Morgan fingerprint density at radius 1 is 0.448 bits per heavy atom. The number of rotatable bonds is 20. The lowest BCUT2D eigenvalue weighted by atomic mass is 9.77. The average molecular weight is 409 g/mol. The van der Waals surface area contributed by atoms with Gasteiger partial charge in [-0.2, -0.15) is 0 Å². The van der Waals surface area contributed by atoms with Crippen molar-refractivity contribution in [2.24, 2.45) is 35.5 Å². The first-order valence-corrected chi connectivity index (χ1v) is 13.8. The zero-order valence-electron chi connectivity index (χ0n) is 22.1. The summed E-state index contributed by atoms with van der Waals surface area (Å²) in [5.74, 6) is 5.30. The van der Waals surface area contributed by atoms with Gasteiger partial charge in [0.1, 0.15) is 0 Å². The molecule has 0 aromatic rings. The van der Waals surface area contributed by atoms with E-state index in [-0.39, 0.29) is 0 Å². The van der Waals surface area contributed by atoms with E-state index in [9.17, 15) is 0 Å². The van der Waals surface area contributed by atoms with Crippen LogP contribution >= 0.6 is 0 Å². The molecule has 176 valence electrons. The van der Waals surface area contributed by atoms with Gasteiger partial charge in [-0.25, -0.2) is 0 Å². The second-order valence-corrected chi connectivity index (χ2v) is 11.4. The highest BCUT2D eigenvalue weighted by molar-refractivity contribution is 4.71. The molecule has 0 aliphatic carbocycles. The van der Waals surface area contributed by atoms with Crippen molar-refractivity contribution in [2.75, 3.05) is 0 Å². The Kier molecular flexibility index (Phi) is 18.7. The van der Waals surface area contributed by atoms with Gasteiger partial charge in [-0.15, -0.1) is 0 Å². The fourth-order valence-corrected chi connectivity index (χ4v) is 5.24. The number of unbranched alkanes of at least 4 members (excludes halogenated alkanes) is 8. The van der Waals surface area contributed by atoms with Gasteiger partial charge in [-0.3, -0.25) is 0 Å². The van der Waals surface area contributed by atoms with E-state index in [1.807, 2.05) is 0 Å². The van der Waals surface area contributed by atoms with Gasteiger partial charge in [-0.1, -0.05) is 139 Å². The Morgan fingerprint density at radius 2 is 0.862 bits per heavy atom. The van der Waals surface area contributed by atoms with Crippen LogP contribution in [0, 0.1) is 35.5 Å². The van der Waals surface area contributed by atoms with Crippen molar-refractivity contribution in [2.45, 2.75) is 152 Å². The first-order chi connectivity index (χ1) is 13.8. The van der Waals surface area contributed by atoms with E-state index in [0.29, 0.717) is 0 Å². The first kappa shape index (κ1) is 29.0. The summed E-state index contributed by atoms with van der Waals surface area (Å²) in [6.07, 6.45) is 21.7. The van der Waals surface area contributed by atoms with Gasteiger partial charge >= 0.3 is 0 Å². The van der Waals surface area contributed by atoms with Crippen molar-refractivity contribution in [3.63, 3.8) is 0 Å². The molecule has 29 heavy (non-hydrogen) atoms. The molecule has 5 unspecified atom stereocenters. The van der Waals surface area contributed by atoms with Crippen LogP contribution in [0.25, 0.3) is 0 Å². The third-order valence-corrected chi connectivity index (χ3v) is 7.61. The maximum absolute atomic E-state index is 2.50. The van der Waals surface area contributed by atoms with Gasteiger partial charge in [0.15, 0.2) is 0 Å². The quantitative estimate of drug-likeness (QED) is 0.176. The molecule has 0 radical (unpaired) electrons. The molecule has 0 aromatic carbocycles. The molecule has 0 heterocycles. The van der Waals surface area contributed by atoms with Gasteiger partial charge in [0.2, 0.25) is 0 Å². The van der Waals surface area contributed by atoms with Crippen LogP contribution < -0.4 is 0 Å². The minimum absolute atomic E-state index is 0.838. The Bertz CT molecular complexity index is 331. The standard InChI is InChI=1S/C29H60/c1-9-10-11-12-13-14-15-16-19-25(4)20-17-18-21-26(5)23-28(7)29(8)27(6)22-24(2)3/h24-29H,9-23H2,1-8H3. The second-order valence-electron chi connectivity index (χ2n) is 11.4. The maximum Gasteiger partial charge on any atom is -0.0391 e. The van der Waals surface area contributed by atoms with Crippen LogP contribution in [0.4, 0.5) is 0 Å². The monoisotopic (exact) mass is 408 g/mol. The van der Waals surface area contributed by atoms with E-state index < -0.39 is 0 Å². The van der Waals surface area contributed by atoms with Crippen LogP contribution in [0.2, 0.25) is 0 Å². The van der Waals surface area contributed by atoms with E-state index in [0.717, 1.165) is 35.5 Å². The summed E-state index contributed by atoms with van der Waals surface area (Å²) in [6.45, 7) is 19.5. The fourth-order valence-electron chi connectivity index (χ4n) is 5.24. The summed E-state index contributed by atoms with van der Waals surface area (Å²) < 4.78 is 0. The molecular formula is C29H60. The fraction of sp³-hybridized carbons (Fsp3) is 1.00. The number of hydrogen-bond donors (Lipinski definition) is 0. The lowest BCUT2D eigenvalue weighted by molar-refractivity contribution is 0.212. The molecule has 0 amide bonds. The predicted octanol–water partition coefficient (Wildman–Crippen LogP) is 10.7. The van der Waals surface area contributed by atoms with Crippen LogP contribution in [0.1, 0.15) is 152 Å². The van der Waals surface area contributed by atoms with Crippen molar-refractivity contribution in [3.8, 4) is 0 Å². The van der Waals surface area contributed by atoms with Crippen molar-refractivity contribution >= 4 is 0 Å². The minimum atomic E-state index is 0.838. The summed E-state index contributed by atoms with van der Waals surface area (Å²) >= 11 is 0. The molecule has 0 saturated heterocycles. The minimum Gasteiger partial charge on any atom is -0.0654 e. The largest absolute Gasteiger partial charge is 0.0654 e. The summed E-state index contributed by atoms with van der Waals surface area (Å²) in [6, 6.07) is 0. The van der Waals surface area contributed by atoms with E-state index >= 15 is 0 Å². The molecular weight excluding hydrogens is 348 g/mol. The zero-order valence-corrected chi connectivity index (χ0v) is 22.1. The SMILES string of the molecule is CCCCCCCCCCC(C)CCCCC(C)CC(C)C(C)C(C)CC(C)C. The average Bonchev–Trinajstić information content (AvgIpc) is 2.66. The third-order valence-electron chi connectivity index (χ3n) is 7.61. The predicted molar refractivity (Wildman–Crippen MR) is 136 cm³/mol. The lowest BCUT2D eigenvalue weighted by Crippen LogP contribution is -2.20. The molecule has 0 aromatic heterocycles. The molecule has 0 spiro atoms. The Labute approximate surface area is 187 Å². The van der Waals surface area contributed by atoms with E-state index in [1.165, 1.54) is 96.3 Å². The van der Waals surface area contributed by atoms with E-state index in [1.54, 1.807) is 0 Å². The van der Waals surface area contributed by atoms with Gasteiger partial charge < -0.3 is 0 Å². The highest BCUT2D eigenvalue weighted by atomic mass is 14.3. The van der Waals surface area contributed by atoms with Crippen molar-refractivity contribution in [3.05, 3.63) is 0 Å². The molecule has 0 aliphatic rings. The first-order valence-electron chi connectivity index (χ1n) is 13.8. The van der Waals surface area contributed by atoms with Crippen LogP contribution in [-0.2, 0) is 0 Å². The normalized spacial score (nSPS) is 17.3.